The maximum Gasteiger partial charge on any atom is 0.314 e. The van der Waals surface area contributed by atoms with Gasteiger partial charge in [0.25, 0.3) is 0 Å². The molecule has 126 valence electrons. The van der Waals surface area contributed by atoms with Gasteiger partial charge in [-0.1, -0.05) is 0 Å². The van der Waals surface area contributed by atoms with Crippen LogP contribution >= 0.6 is 0 Å². The Morgan fingerprint density at radius 3 is 2.67 bits per heavy atom. The minimum atomic E-state index is -0.378. The molecule has 0 bridgehead atoms. The minimum Gasteiger partial charge on any atom is -0.512 e. The second kappa shape index (κ2) is 6.83. The summed E-state index contributed by atoms with van der Waals surface area (Å²) in [5.41, 5.74) is 3.34. The molecular formula is C19H21NO4. The van der Waals surface area contributed by atoms with Gasteiger partial charge in [-0.25, -0.2) is 0 Å². The molecule has 3 rings (SSSR count). The molecule has 1 N–H and O–H groups in total. The fourth-order valence-electron chi connectivity index (χ4n) is 2.94. The van der Waals surface area contributed by atoms with Crippen molar-refractivity contribution in [3.8, 4) is 17.0 Å². The highest BCUT2D eigenvalue weighted by Crippen LogP contribution is 2.26. The number of carbonyl (C=O) groups is 1. The van der Waals surface area contributed by atoms with Gasteiger partial charge in [0.2, 0.25) is 0 Å². The smallest absolute Gasteiger partial charge is 0.314 e. The van der Waals surface area contributed by atoms with Crippen molar-refractivity contribution in [1.82, 2.24) is 4.57 Å². The number of cyclic esters (lactones) is 1. The number of ether oxygens (including phenoxy) is 2. The summed E-state index contributed by atoms with van der Waals surface area (Å²) in [4.78, 5) is 11.4. The van der Waals surface area contributed by atoms with Crippen molar-refractivity contribution in [2.45, 2.75) is 32.4 Å². The van der Waals surface area contributed by atoms with Gasteiger partial charge >= 0.3 is 5.97 Å². The van der Waals surface area contributed by atoms with Crippen molar-refractivity contribution in [2.24, 2.45) is 0 Å². The lowest BCUT2D eigenvalue weighted by Crippen LogP contribution is -2.23. The number of aliphatic hydroxyl groups is 1. The number of hydrogen-bond donors (Lipinski definition) is 1. The van der Waals surface area contributed by atoms with Gasteiger partial charge in [-0.05, 0) is 55.0 Å². The van der Waals surface area contributed by atoms with E-state index in [1.165, 1.54) is 0 Å². The Bertz CT molecular complexity index is 758. The summed E-state index contributed by atoms with van der Waals surface area (Å²) in [5.74, 6) is 0.541. The predicted molar refractivity (Wildman–Crippen MR) is 91.0 cm³/mol. The largest absolute Gasteiger partial charge is 0.512 e. The highest BCUT2D eigenvalue weighted by Gasteiger charge is 2.21. The number of esters is 1. The van der Waals surface area contributed by atoms with Crippen molar-refractivity contribution in [2.75, 3.05) is 7.11 Å². The van der Waals surface area contributed by atoms with E-state index in [1.54, 1.807) is 13.2 Å². The van der Waals surface area contributed by atoms with E-state index in [2.05, 4.69) is 16.7 Å². The van der Waals surface area contributed by atoms with E-state index in [0.29, 0.717) is 13.0 Å². The van der Waals surface area contributed by atoms with Crippen LogP contribution in [0.3, 0.4) is 0 Å². The Kier molecular flexibility index (Phi) is 4.60. The van der Waals surface area contributed by atoms with Gasteiger partial charge in [0.05, 0.1) is 7.11 Å². The number of methoxy groups -OCH3 is 1. The monoisotopic (exact) mass is 327 g/mol. The Balaban J connectivity index is 1.77. The quantitative estimate of drug-likeness (QED) is 0.852. The fraction of sp³-hybridized carbons (Fsp3) is 0.316. The van der Waals surface area contributed by atoms with Crippen LogP contribution in [0.4, 0.5) is 0 Å². The highest BCUT2D eigenvalue weighted by atomic mass is 16.5. The van der Waals surface area contributed by atoms with Crippen molar-refractivity contribution >= 4 is 5.97 Å². The molecule has 0 aliphatic carbocycles. The minimum absolute atomic E-state index is 0.0316. The van der Waals surface area contributed by atoms with Gasteiger partial charge in [-0.3, -0.25) is 4.79 Å². The van der Waals surface area contributed by atoms with Gasteiger partial charge in [0, 0.05) is 24.4 Å². The van der Waals surface area contributed by atoms with Crippen LogP contribution in [0.2, 0.25) is 0 Å². The first-order valence-electron chi connectivity index (χ1n) is 7.96. The Hall–Kier alpha value is -2.69. The zero-order chi connectivity index (χ0) is 17.1. The number of hydrogen-bond acceptors (Lipinski definition) is 4. The molecule has 0 amide bonds. The summed E-state index contributed by atoms with van der Waals surface area (Å²) in [6, 6.07) is 12.1. The molecule has 0 saturated carbocycles. The van der Waals surface area contributed by atoms with Gasteiger partial charge in [-0.2, -0.15) is 0 Å². The molecule has 1 aliphatic rings. The molecule has 0 saturated heterocycles. The van der Waals surface area contributed by atoms with E-state index >= 15 is 0 Å². The van der Waals surface area contributed by atoms with Crippen molar-refractivity contribution in [1.29, 1.82) is 0 Å². The Labute approximate surface area is 141 Å². The van der Waals surface area contributed by atoms with E-state index in [-0.39, 0.29) is 24.3 Å². The molecule has 1 aliphatic heterocycles. The predicted octanol–water partition coefficient (Wildman–Crippen LogP) is 3.62. The van der Waals surface area contributed by atoms with Crippen LogP contribution in [-0.4, -0.2) is 28.9 Å². The Morgan fingerprint density at radius 1 is 1.25 bits per heavy atom. The van der Waals surface area contributed by atoms with Crippen LogP contribution in [0.1, 0.15) is 18.5 Å². The van der Waals surface area contributed by atoms with E-state index in [4.69, 9.17) is 9.47 Å². The van der Waals surface area contributed by atoms with Gasteiger partial charge < -0.3 is 19.1 Å². The van der Waals surface area contributed by atoms with E-state index in [9.17, 15) is 9.90 Å². The first kappa shape index (κ1) is 16.2. The lowest BCUT2D eigenvalue weighted by atomic mass is 10.1. The lowest BCUT2D eigenvalue weighted by Gasteiger charge is -2.20. The number of aromatic nitrogens is 1. The molecule has 1 aromatic carbocycles. The van der Waals surface area contributed by atoms with Gasteiger partial charge in [0.15, 0.2) is 0 Å². The molecule has 0 fully saturated rings. The summed E-state index contributed by atoms with van der Waals surface area (Å²) in [7, 11) is 1.65. The maximum atomic E-state index is 11.4. The molecule has 5 heteroatoms. The molecule has 24 heavy (non-hydrogen) atoms. The number of nitrogens with zero attached hydrogens (tertiary/aromatic N) is 1. The zero-order valence-electron chi connectivity index (χ0n) is 13.9. The molecule has 5 nitrogen and oxygen atoms in total. The number of aryl methyl sites for hydroxylation is 1. The molecular weight excluding hydrogens is 306 g/mol. The normalized spacial score (nSPS) is 17.3. The summed E-state index contributed by atoms with van der Waals surface area (Å²) in [6.07, 6.45) is 1.83. The van der Waals surface area contributed by atoms with Crippen LogP contribution in [0, 0.1) is 6.92 Å². The summed E-state index contributed by atoms with van der Waals surface area (Å²) < 4.78 is 12.7. The lowest BCUT2D eigenvalue weighted by molar-refractivity contribution is -0.148. The van der Waals surface area contributed by atoms with Crippen LogP contribution in [0.15, 0.2) is 48.2 Å². The zero-order valence-corrected chi connectivity index (χ0v) is 13.9. The molecule has 2 aromatic rings. The van der Waals surface area contributed by atoms with Gasteiger partial charge in [0.1, 0.15) is 24.0 Å². The van der Waals surface area contributed by atoms with E-state index in [0.717, 1.165) is 22.7 Å². The summed E-state index contributed by atoms with van der Waals surface area (Å²) >= 11 is 0. The topological polar surface area (TPSA) is 60.7 Å². The highest BCUT2D eigenvalue weighted by molar-refractivity contribution is 5.73. The molecule has 2 heterocycles. The third-order valence-electron chi connectivity index (χ3n) is 4.21. The second-order valence-electron chi connectivity index (χ2n) is 5.89. The third-order valence-corrected chi connectivity index (χ3v) is 4.21. The SMILES string of the molecule is COc1ccc(-c2ccc(C)n2CCC2C=C(O)CC(=O)O2)cc1. The third kappa shape index (κ3) is 3.45. The average Bonchev–Trinajstić information content (AvgIpc) is 2.93. The first-order chi connectivity index (χ1) is 11.6. The molecule has 1 unspecified atom stereocenters. The summed E-state index contributed by atoms with van der Waals surface area (Å²) in [5, 5.41) is 9.59. The van der Waals surface area contributed by atoms with Crippen LogP contribution < -0.4 is 4.74 Å². The molecule has 0 spiro atoms. The van der Waals surface area contributed by atoms with Crippen LogP contribution in [0.5, 0.6) is 5.75 Å². The van der Waals surface area contributed by atoms with Crippen LogP contribution in [0.25, 0.3) is 11.3 Å². The van der Waals surface area contributed by atoms with Gasteiger partial charge in [-0.15, -0.1) is 0 Å². The Morgan fingerprint density at radius 2 is 2.00 bits per heavy atom. The maximum absolute atomic E-state index is 11.4. The van der Waals surface area contributed by atoms with Crippen molar-refractivity contribution < 1.29 is 19.4 Å². The number of aliphatic hydroxyl groups excluding tert-OH is 1. The molecule has 1 aromatic heterocycles. The number of carbonyl (C=O) groups excluding carboxylic acids is 1. The average molecular weight is 327 g/mol. The van der Waals surface area contributed by atoms with Crippen molar-refractivity contribution in [3.05, 3.63) is 53.9 Å². The fourth-order valence-corrected chi connectivity index (χ4v) is 2.94. The second-order valence-corrected chi connectivity index (χ2v) is 5.89. The van der Waals surface area contributed by atoms with Crippen LogP contribution in [-0.2, 0) is 16.1 Å². The summed E-state index contributed by atoms with van der Waals surface area (Å²) in [6.45, 7) is 2.75. The molecule has 1 atom stereocenters. The first-order valence-corrected chi connectivity index (χ1v) is 7.96. The number of rotatable bonds is 5. The van der Waals surface area contributed by atoms with E-state index in [1.807, 2.05) is 31.2 Å². The van der Waals surface area contributed by atoms with Crippen molar-refractivity contribution in [3.63, 3.8) is 0 Å². The standard InChI is InChI=1S/C19H21NO4/c1-13-3-8-18(14-4-6-16(23-2)7-5-14)20(13)10-9-17-11-15(21)12-19(22)24-17/h3-8,11,17,21H,9-10,12H2,1-2H3. The van der Waals surface area contributed by atoms with E-state index < -0.39 is 0 Å². The molecule has 0 radical (unpaired) electrons. The number of benzene rings is 1.